The van der Waals surface area contributed by atoms with E-state index in [0.29, 0.717) is 5.56 Å². The van der Waals surface area contributed by atoms with E-state index in [1.165, 1.54) is 49.4 Å². The Balaban J connectivity index is 2.11. The number of primary sulfonamides is 1. The van der Waals surface area contributed by atoms with Crippen molar-refractivity contribution < 1.29 is 31.2 Å². The number of aryl methyl sites for hydroxylation is 1. The maximum absolute atomic E-state index is 12.4. The van der Waals surface area contributed by atoms with Crippen LogP contribution in [-0.4, -0.2) is 41.1 Å². The molecule has 0 heterocycles. The summed E-state index contributed by atoms with van der Waals surface area (Å²) in [5.41, 5.74) is 0.805. The summed E-state index contributed by atoms with van der Waals surface area (Å²) in [6.45, 7) is 2.96. The van der Waals surface area contributed by atoms with Crippen LogP contribution in [0.5, 0.6) is 0 Å². The smallest absolute Gasteiger partial charge is 0.339 e. The van der Waals surface area contributed by atoms with E-state index in [1.807, 2.05) is 0 Å². The average Bonchev–Trinajstić information content (AvgIpc) is 2.60. The number of sulfone groups is 1. The molecule has 1 atom stereocenters. The lowest BCUT2D eigenvalue weighted by Crippen LogP contribution is -2.30. The molecule has 0 bridgehead atoms. The van der Waals surface area contributed by atoms with Crippen LogP contribution >= 0.6 is 0 Å². The zero-order chi connectivity index (χ0) is 22.0. The molecule has 0 fully saturated rings. The first-order valence-electron chi connectivity index (χ1n) is 8.24. The van der Waals surface area contributed by atoms with E-state index in [1.54, 1.807) is 6.92 Å². The second-order valence-electron chi connectivity index (χ2n) is 6.36. The van der Waals surface area contributed by atoms with Crippen molar-refractivity contribution in [3.63, 3.8) is 0 Å². The van der Waals surface area contributed by atoms with Gasteiger partial charge in [0, 0.05) is 11.9 Å². The number of carbonyl (C=O) groups is 2. The Morgan fingerprint density at radius 1 is 1.00 bits per heavy atom. The molecule has 3 N–H and O–H groups in total. The Labute approximate surface area is 168 Å². The number of carbonyl (C=O) groups excluding carboxylic acids is 2. The molecule has 0 radical (unpaired) electrons. The summed E-state index contributed by atoms with van der Waals surface area (Å²) < 4.78 is 51.0. The first-order chi connectivity index (χ1) is 13.3. The van der Waals surface area contributed by atoms with Gasteiger partial charge in [-0.1, -0.05) is 6.07 Å². The van der Waals surface area contributed by atoms with Crippen LogP contribution in [0.15, 0.2) is 52.3 Å². The molecule has 0 aliphatic rings. The number of amides is 1. The number of rotatable bonds is 6. The minimum absolute atomic E-state index is 0.0325. The Morgan fingerprint density at radius 2 is 1.55 bits per heavy atom. The van der Waals surface area contributed by atoms with E-state index in [-0.39, 0.29) is 21.0 Å². The van der Waals surface area contributed by atoms with Crippen molar-refractivity contribution in [1.82, 2.24) is 0 Å². The highest BCUT2D eigenvalue weighted by molar-refractivity contribution is 7.90. The highest BCUT2D eigenvalue weighted by atomic mass is 32.2. The maximum atomic E-state index is 12.4. The molecule has 9 nitrogen and oxygen atoms in total. The third-order valence-electron chi connectivity index (χ3n) is 3.96. The number of anilines is 1. The third-order valence-corrected chi connectivity index (χ3v) is 6.00. The highest BCUT2D eigenvalue weighted by Gasteiger charge is 2.22. The van der Waals surface area contributed by atoms with Crippen LogP contribution in [0, 0.1) is 6.92 Å². The lowest BCUT2D eigenvalue weighted by atomic mass is 10.1. The Bertz CT molecular complexity index is 1160. The van der Waals surface area contributed by atoms with Gasteiger partial charge in [0.2, 0.25) is 10.0 Å². The lowest BCUT2D eigenvalue weighted by molar-refractivity contribution is -0.123. The number of nitrogens with one attached hydrogen (secondary N) is 1. The molecule has 2 rings (SSSR count). The average molecular weight is 440 g/mol. The van der Waals surface area contributed by atoms with Crippen LogP contribution in [0.1, 0.15) is 22.8 Å². The zero-order valence-electron chi connectivity index (χ0n) is 15.9. The molecular formula is C18H20N2O7S2. The second-order valence-corrected chi connectivity index (χ2v) is 9.93. The molecule has 2 aromatic rings. The molecule has 0 spiro atoms. The van der Waals surface area contributed by atoms with E-state index in [4.69, 9.17) is 9.88 Å². The van der Waals surface area contributed by atoms with Gasteiger partial charge in [-0.3, -0.25) is 4.79 Å². The predicted octanol–water partition coefficient (Wildman–Crippen LogP) is 1.23. The van der Waals surface area contributed by atoms with E-state index >= 15 is 0 Å². The van der Waals surface area contributed by atoms with Crippen molar-refractivity contribution >= 4 is 37.4 Å². The number of nitrogens with two attached hydrogens (primary N) is 1. The molecular weight excluding hydrogens is 420 g/mol. The largest absolute Gasteiger partial charge is 0.449 e. The highest BCUT2D eigenvalue weighted by Crippen LogP contribution is 2.18. The van der Waals surface area contributed by atoms with E-state index in [9.17, 15) is 26.4 Å². The van der Waals surface area contributed by atoms with E-state index in [0.717, 1.165) is 6.26 Å². The molecule has 0 aromatic heterocycles. The minimum atomic E-state index is -3.85. The van der Waals surface area contributed by atoms with Gasteiger partial charge in [-0.2, -0.15) is 0 Å². The molecule has 1 unspecified atom stereocenters. The van der Waals surface area contributed by atoms with Gasteiger partial charge in [-0.15, -0.1) is 0 Å². The standard InChI is InChI=1S/C18H20N2O7S2/c1-11-4-7-15(28(3,23)24)10-16(11)18(22)27-12(2)17(21)20-13-5-8-14(9-6-13)29(19,25)26/h4-10,12H,1-3H3,(H,20,21)(H2,19,25,26). The summed E-state index contributed by atoms with van der Waals surface area (Å²) in [6.07, 6.45) is -0.175. The number of esters is 1. The van der Waals surface area contributed by atoms with Crippen molar-refractivity contribution in [3.05, 3.63) is 53.6 Å². The fraction of sp³-hybridized carbons (Fsp3) is 0.222. The summed E-state index contributed by atoms with van der Waals surface area (Å²) >= 11 is 0. The number of ether oxygens (including phenoxy) is 1. The molecule has 0 aliphatic heterocycles. The van der Waals surface area contributed by atoms with Gasteiger partial charge < -0.3 is 10.1 Å². The third kappa shape index (κ3) is 5.86. The second kappa shape index (κ2) is 8.31. The molecule has 0 saturated carbocycles. The van der Waals surface area contributed by atoms with Crippen molar-refractivity contribution in [3.8, 4) is 0 Å². The normalized spacial score (nSPS) is 12.8. The predicted molar refractivity (Wildman–Crippen MR) is 106 cm³/mol. The van der Waals surface area contributed by atoms with Gasteiger partial charge >= 0.3 is 5.97 Å². The first kappa shape index (κ1) is 22.5. The summed E-state index contributed by atoms with van der Waals surface area (Å²) in [4.78, 5) is 24.5. The molecule has 29 heavy (non-hydrogen) atoms. The number of sulfonamides is 1. The van der Waals surface area contributed by atoms with Crippen LogP contribution in [-0.2, 0) is 29.4 Å². The van der Waals surface area contributed by atoms with Crippen molar-refractivity contribution in [2.24, 2.45) is 5.14 Å². The van der Waals surface area contributed by atoms with E-state index < -0.39 is 37.8 Å². The van der Waals surface area contributed by atoms with Crippen LogP contribution in [0.2, 0.25) is 0 Å². The van der Waals surface area contributed by atoms with Gasteiger partial charge in [0.05, 0.1) is 15.4 Å². The lowest BCUT2D eigenvalue weighted by Gasteiger charge is -2.15. The summed E-state index contributed by atoms with van der Waals surface area (Å²) in [7, 11) is -7.37. The number of hydrogen-bond donors (Lipinski definition) is 2. The van der Waals surface area contributed by atoms with Crippen molar-refractivity contribution in [2.75, 3.05) is 11.6 Å². The summed E-state index contributed by atoms with van der Waals surface area (Å²) in [5, 5.41) is 7.49. The summed E-state index contributed by atoms with van der Waals surface area (Å²) in [6, 6.07) is 9.18. The molecule has 0 saturated heterocycles. The maximum Gasteiger partial charge on any atom is 0.339 e. The van der Waals surface area contributed by atoms with Crippen LogP contribution in [0.3, 0.4) is 0 Å². The van der Waals surface area contributed by atoms with Gasteiger partial charge in [0.1, 0.15) is 0 Å². The van der Waals surface area contributed by atoms with Gasteiger partial charge in [0.25, 0.3) is 5.91 Å². The number of benzene rings is 2. The Hall–Kier alpha value is -2.76. The van der Waals surface area contributed by atoms with Crippen LogP contribution in [0.4, 0.5) is 5.69 Å². The molecule has 2 aromatic carbocycles. The Kier molecular flexibility index (Phi) is 6.46. The van der Waals surface area contributed by atoms with Crippen molar-refractivity contribution in [1.29, 1.82) is 0 Å². The van der Waals surface area contributed by atoms with Crippen molar-refractivity contribution in [2.45, 2.75) is 29.7 Å². The topological polar surface area (TPSA) is 150 Å². The fourth-order valence-corrected chi connectivity index (χ4v) is 3.46. The van der Waals surface area contributed by atoms with Gasteiger partial charge in [-0.25, -0.2) is 26.8 Å². The van der Waals surface area contributed by atoms with Crippen LogP contribution in [0.25, 0.3) is 0 Å². The summed E-state index contributed by atoms with van der Waals surface area (Å²) in [5.74, 6) is -1.50. The quantitative estimate of drug-likeness (QED) is 0.641. The van der Waals surface area contributed by atoms with Gasteiger partial charge in [0.15, 0.2) is 15.9 Å². The zero-order valence-corrected chi connectivity index (χ0v) is 17.5. The molecule has 1 amide bonds. The molecule has 0 aliphatic carbocycles. The SMILES string of the molecule is Cc1ccc(S(C)(=O)=O)cc1C(=O)OC(C)C(=O)Nc1ccc(S(N)(=O)=O)cc1. The minimum Gasteiger partial charge on any atom is -0.449 e. The van der Waals surface area contributed by atoms with Gasteiger partial charge in [-0.05, 0) is 55.8 Å². The Morgan fingerprint density at radius 3 is 2.07 bits per heavy atom. The van der Waals surface area contributed by atoms with E-state index in [2.05, 4.69) is 5.32 Å². The molecule has 156 valence electrons. The molecule has 11 heteroatoms. The fourth-order valence-electron chi connectivity index (χ4n) is 2.30. The van der Waals surface area contributed by atoms with Crippen LogP contribution < -0.4 is 10.5 Å². The monoisotopic (exact) mass is 440 g/mol. The number of hydrogen-bond acceptors (Lipinski definition) is 7. The first-order valence-corrected chi connectivity index (χ1v) is 11.7.